The maximum absolute atomic E-state index is 6.13. The van der Waals surface area contributed by atoms with Gasteiger partial charge in [-0.25, -0.2) is 0 Å². The maximum Gasteiger partial charge on any atom is 0.226 e. The van der Waals surface area contributed by atoms with Crippen LogP contribution in [0.4, 0.5) is 0 Å². The van der Waals surface area contributed by atoms with Gasteiger partial charge in [-0.3, -0.25) is 4.98 Å². The number of halogens is 1. The maximum atomic E-state index is 6.13. The van der Waals surface area contributed by atoms with Crippen molar-refractivity contribution in [3.8, 4) is 11.6 Å². The third-order valence-corrected chi connectivity index (χ3v) is 4.89. The summed E-state index contributed by atoms with van der Waals surface area (Å²) in [6.45, 7) is 1.30. The second kappa shape index (κ2) is 6.27. The average Bonchev–Trinajstić information content (AvgIpc) is 3.00. The highest BCUT2D eigenvalue weighted by Gasteiger charge is 2.22. The summed E-state index contributed by atoms with van der Waals surface area (Å²) >= 11 is 6.04. The molecule has 3 heterocycles. The highest BCUT2D eigenvalue weighted by molar-refractivity contribution is 6.30. The van der Waals surface area contributed by atoms with Crippen LogP contribution >= 0.6 is 11.6 Å². The molecule has 2 aromatic heterocycles. The highest BCUT2D eigenvalue weighted by atomic mass is 35.5. The number of aromatic nitrogens is 3. The SMILES string of the molecule is Clc1ccc(-n2nc3c(cnc4ccccc43)c2OCC2CCO2)cc1. The van der Waals surface area contributed by atoms with Crippen LogP contribution in [0.25, 0.3) is 27.5 Å². The number of ether oxygens (including phenoxy) is 2. The van der Waals surface area contributed by atoms with E-state index in [-0.39, 0.29) is 6.10 Å². The third-order valence-electron chi connectivity index (χ3n) is 4.64. The van der Waals surface area contributed by atoms with E-state index in [1.54, 1.807) is 0 Å². The second-order valence-electron chi connectivity index (χ2n) is 6.32. The summed E-state index contributed by atoms with van der Waals surface area (Å²) in [6, 6.07) is 15.5. The molecule has 130 valence electrons. The van der Waals surface area contributed by atoms with Gasteiger partial charge in [-0.05, 0) is 30.3 Å². The molecule has 1 saturated heterocycles. The Bertz CT molecular complexity index is 1090. The molecule has 0 N–H and O–H groups in total. The number of rotatable bonds is 4. The largest absolute Gasteiger partial charge is 0.474 e. The first-order valence-electron chi connectivity index (χ1n) is 8.56. The summed E-state index contributed by atoms with van der Waals surface area (Å²) < 4.78 is 13.4. The van der Waals surface area contributed by atoms with Gasteiger partial charge in [-0.2, -0.15) is 9.78 Å². The van der Waals surface area contributed by atoms with Gasteiger partial charge < -0.3 is 9.47 Å². The first-order valence-corrected chi connectivity index (χ1v) is 8.94. The van der Waals surface area contributed by atoms with Gasteiger partial charge in [0.2, 0.25) is 5.88 Å². The summed E-state index contributed by atoms with van der Waals surface area (Å²) in [5.74, 6) is 0.677. The zero-order chi connectivity index (χ0) is 17.5. The van der Waals surface area contributed by atoms with Crippen molar-refractivity contribution in [1.29, 1.82) is 0 Å². The molecular weight excluding hydrogens is 350 g/mol. The van der Waals surface area contributed by atoms with Gasteiger partial charge in [0.25, 0.3) is 0 Å². The van der Waals surface area contributed by atoms with Crippen LogP contribution in [0.3, 0.4) is 0 Å². The monoisotopic (exact) mass is 365 g/mol. The van der Waals surface area contributed by atoms with Crippen molar-refractivity contribution in [1.82, 2.24) is 14.8 Å². The van der Waals surface area contributed by atoms with Crippen LogP contribution in [0.2, 0.25) is 5.02 Å². The van der Waals surface area contributed by atoms with Crippen LogP contribution in [-0.2, 0) is 4.74 Å². The molecule has 4 aromatic rings. The molecule has 5 nitrogen and oxygen atoms in total. The van der Waals surface area contributed by atoms with E-state index >= 15 is 0 Å². The zero-order valence-electron chi connectivity index (χ0n) is 13.9. The van der Waals surface area contributed by atoms with Crippen molar-refractivity contribution in [2.45, 2.75) is 12.5 Å². The second-order valence-corrected chi connectivity index (χ2v) is 6.76. The molecule has 1 aliphatic heterocycles. The summed E-state index contributed by atoms with van der Waals surface area (Å²) in [4.78, 5) is 4.57. The first kappa shape index (κ1) is 15.6. The van der Waals surface area contributed by atoms with Crippen LogP contribution in [0.5, 0.6) is 5.88 Å². The Balaban J connectivity index is 1.69. The van der Waals surface area contributed by atoms with E-state index in [0.29, 0.717) is 17.5 Å². The predicted octanol–water partition coefficient (Wildman–Crippen LogP) is 4.39. The summed E-state index contributed by atoms with van der Waals surface area (Å²) in [7, 11) is 0. The molecule has 2 aromatic carbocycles. The Morgan fingerprint density at radius 2 is 1.92 bits per heavy atom. The van der Waals surface area contributed by atoms with Crippen LogP contribution in [0.15, 0.2) is 54.7 Å². The Morgan fingerprint density at radius 3 is 2.69 bits per heavy atom. The number of benzene rings is 2. The molecule has 6 heteroatoms. The lowest BCUT2D eigenvalue weighted by atomic mass is 10.2. The number of pyridine rings is 1. The fraction of sp³-hybridized carbons (Fsp3) is 0.200. The molecule has 0 radical (unpaired) electrons. The highest BCUT2D eigenvalue weighted by Crippen LogP contribution is 2.33. The molecular formula is C20H16ClN3O2. The van der Waals surface area contributed by atoms with E-state index in [0.717, 1.165) is 40.5 Å². The number of nitrogens with zero attached hydrogens (tertiary/aromatic N) is 3. The molecule has 5 rings (SSSR count). The zero-order valence-corrected chi connectivity index (χ0v) is 14.7. The molecule has 26 heavy (non-hydrogen) atoms. The Morgan fingerprint density at radius 1 is 1.12 bits per heavy atom. The minimum atomic E-state index is 0.145. The molecule has 0 saturated carbocycles. The van der Waals surface area contributed by atoms with Gasteiger partial charge in [-0.15, -0.1) is 0 Å². The Kier molecular flexibility index (Phi) is 3.76. The molecule has 0 spiro atoms. The lowest BCUT2D eigenvalue weighted by Crippen LogP contribution is -2.32. The average molecular weight is 366 g/mol. The number of fused-ring (bicyclic) bond motifs is 3. The molecule has 0 bridgehead atoms. The van der Waals surface area contributed by atoms with Crippen molar-refractivity contribution < 1.29 is 9.47 Å². The molecule has 1 atom stereocenters. The van der Waals surface area contributed by atoms with E-state index in [1.807, 2.05) is 59.4 Å². The third kappa shape index (κ3) is 2.60. The van der Waals surface area contributed by atoms with Crippen LogP contribution in [0, 0.1) is 0 Å². The van der Waals surface area contributed by atoms with Crippen LogP contribution in [-0.4, -0.2) is 34.1 Å². The van der Waals surface area contributed by atoms with Gasteiger partial charge in [0.15, 0.2) is 0 Å². The smallest absolute Gasteiger partial charge is 0.226 e. The normalized spacial score (nSPS) is 16.7. The van der Waals surface area contributed by atoms with E-state index in [9.17, 15) is 0 Å². The number of para-hydroxylation sites is 1. The molecule has 0 aliphatic carbocycles. The predicted molar refractivity (Wildman–Crippen MR) is 101 cm³/mol. The van der Waals surface area contributed by atoms with E-state index in [2.05, 4.69) is 4.98 Å². The lowest BCUT2D eigenvalue weighted by molar-refractivity contribution is -0.0728. The quantitative estimate of drug-likeness (QED) is 0.538. The summed E-state index contributed by atoms with van der Waals surface area (Å²) in [5.41, 5.74) is 2.67. The van der Waals surface area contributed by atoms with Gasteiger partial charge in [0.1, 0.15) is 12.1 Å². The van der Waals surface area contributed by atoms with E-state index in [1.165, 1.54) is 0 Å². The summed E-state index contributed by atoms with van der Waals surface area (Å²) in [5, 5.41) is 7.40. The van der Waals surface area contributed by atoms with Gasteiger partial charge in [-0.1, -0.05) is 29.8 Å². The number of hydrogen-bond acceptors (Lipinski definition) is 4. The van der Waals surface area contributed by atoms with Gasteiger partial charge in [0.05, 0.1) is 22.7 Å². The van der Waals surface area contributed by atoms with Crippen LogP contribution in [0.1, 0.15) is 6.42 Å². The first-order chi connectivity index (χ1) is 12.8. The topological polar surface area (TPSA) is 49.2 Å². The Labute approximate surface area is 155 Å². The van der Waals surface area contributed by atoms with Crippen LogP contribution < -0.4 is 4.74 Å². The van der Waals surface area contributed by atoms with Gasteiger partial charge in [0, 0.05) is 29.6 Å². The van der Waals surface area contributed by atoms with E-state index < -0.39 is 0 Å². The van der Waals surface area contributed by atoms with Crippen molar-refractivity contribution >= 4 is 33.4 Å². The molecule has 1 fully saturated rings. The molecule has 1 unspecified atom stereocenters. The minimum absolute atomic E-state index is 0.145. The molecule has 0 amide bonds. The molecule has 1 aliphatic rings. The lowest BCUT2D eigenvalue weighted by Gasteiger charge is -2.26. The fourth-order valence-corrected chi connectivity index (χ4v) is 3.26. The van der Waals surface area contributed by atoms with Gasteiger partial charge >= 0.3 is 0 Å². The number of hydrogen-bond donors (Lipinski definition) is 0. The van der Waals surface area contributed by atoms with E-state index in [4.69, 9.17) is 26.2 Å². The van der Waals surface area contributed by atoms with Crippen molar-refractivity contribution in [3.05, 3.63) is 59.8 Å². The standard InChI is InChI=1S/C20H16ClN3O2/c21-13-5-7-14(8-6-13)24-20(26-12-15-9-10-25-15)17-11-22-18-4-2-1-3-16(18)19(17)23-24/h1-8,11,15H,9-10,12H2. The Hall–Kier alpha value is -2.63. The summed E-state index contributed by atoms with van der Waals surface area (Å²) in [6.07, 6.45) is 2.99. The van der Waals surface area contributed by atoms with Crippen molar-refractivity contribution in [2.24, 2.45) is 0 Å². The fourth-order valence-electron chi connectivity index (χ4n) is 3.13. The minimum Gasteiger partial charge on any atom is -0.474 e. The van der Waals surface area contributed by atoms with Crippen molar-refractivity contribution in [2.75, 3.05) is 13.2 Å². The van der Waals surface area contributed by atoms with Crippen molar-refractivity contribution in [3.63, 3.8) is 0 Å².